The van der Waals surface area contributed by atoms with Crippen molar-refractivity contribution >= 4 is 27.4 Å². The molecule has 3 aromatic carbocycles. The summed E-state index contributed by atoms with van der Waals surface area (Å²) in [5, 5.41) is 3.46. The fraction of sp³-hybridized carbons (Fsp3) is 0.345. The van der Waals surface area contributed by atoms with Crippen LogP contribution in [-0.2, 0) is 12.8 Å². The van der Waals surface area contributed by atoms with Crippen LogP contribution in [0.4, 0.5) is 5.69 Å². The van der Waals surface area contributed by atoms with Gasteiger partial charge in [-0.3, -0.25) is 4.79 Å². The predicted octanol–water partition coefficient (Wildman–Crippen LogP) is 6.35. The van der Waals surface area contributed by atoms with Gasteiger partial charge in [-0.05, 0) is 83.2 Å². The van der Waals surface area contributed by atoms with Crippen molar-refractivity contribution in [2.24, 2.45) is 0 Å². The summed E-state index contributed by atoms with van der Waals surface area (Å²) >= 11 is 3.64. The van der Waals surface area contributed by atoms with Crippen LogP contribution in [0.2, 0.25) is 0 Å². The number of ketones is 1. The Morgan fingerprint density at radius 3 is 2.00 bits per heavy atom. The number of hydrogen-bond acceptors (Lipinski definition) is 7. The second-order valence-electron chi connectivity index (χ2n) is 8.60. The average molecular weight is 572 g/mol. The maximum atomic E-state index is 12.8. The molecule has 0 aromatic heterocycles. The van der Waals surface area contributed by atoms with Crippen molar-refractivity contribution in [3.05, 3.63) is 69.7 Å². The molecule has 0 spiro atoms. The van der Waals surface area contributed by atoms with Crippen LogP contribution in [0.3, 0.4) is 0 Å². The lowest BCUT2D eigenvalue weighted by atomic mass is 10.0. The number of ether oxygens (including phenoxy) is 5. The Bertz CT molecular complexity index is 1200. The number of benzene rings is 3. The van der Waals surface area contributed by atoms with E-state index in [-0.39, 0.29) is 11.8 Å². The molecular formula is C29H34BrNO6. The fourth-order valence-corrected chi connectivity index (χ4v) is 4.86. The second-order valence-corrected chi connectivity index (χ2v) is 9.45. The van der Waals surface area contributed by atoms with Gasteiger partial charge in [-0.2, -0.15) is 0 Å². The van der Waals surface area contributed by atoms with E-state index < -0.39 is 0 Å². The quantitative estimate of drug-likeness (QED) is 0.239. The first kappa shape index (κ1) is 28.2. The van der Waals surface area contributed by atoms with Crippen LogP contribution in [0.1, 0.15) is 34.8 Å². The molecule has 0 fully saturated rings. The maximum absolute atomic E-state index is 12.8. The molecular weight excluding hydrogens is 538 g/mol. The highest BCUT2D eigenvalue weighted by Gasteiger charge is 2.17. The van der Waals surface area contributed by atoms with E-state index in [4.69, 9.17) is 23.7 Å². The Morgan fingerprint density at radius 2 is 1.43 bits per heavy atom. The zero-order chi connectivity index (χ0) is 26.9. The second kappa shape index (κ2) is 13.2. The molecule has 0 amide bonds. The molecule has 0 radical (unpaired) electrons. The molecule has 198 valence electrons. The van der Waals surface area contributed by atoms with Crippen molar-refractivity contribution < 1.29 is 28.5 Å². The van der Waals surface area contributed by atoms with Gasteiger partial charge in [-0.25, -0.2) is 0 Å². The highest BCUT2D eigenvalue weighted by atomic mass is 79.9. The lowest BCUT2D eigenvalue weighted by Gasteiger charge is -2.19. The van der Waals surface area contributed by atoms with Crippen LogP contribution in [0, 0.1) is 0 Å². The molecule has 37 heavy (non-hydrogen) atoms. The number of halogens is 1. The van der Waals surface area contributed by atoms with E-state index >= 15 is 0 Å². The van der Waals surface area contributed by atoms with Gasteiger partial charge >= 0.3 is 0 Å². The number of hydrogen-bond donors (Lipinski definition) is 1. The van der Waals surface area contributed by atoms with Crippen molar-refractivity contribution in [1.82, 2.24) is 0 Å². The summed E-state index contributed by atoms with van der Waals surface area (Å²) in [6.45, 7) is 1.98. The number of rotatable bonds is 13. The molecule has 1 atom stereocenters. The first-order chi connectivity index (χ1) is 17.8. The highest BCUT2D eigenvalue weighted by Crippen LogP contribution is 2.39. The van der Waals surface area contributed by atoms with Gasteiger partial charge in [0.2, 0.25) is 5.75 Å². The first-order valence-corrected chi connectivity index (χ1v) is 12.7. The smallest absolute Gasteiger partial charge is 0.203 e. The standard InChI is InChI=1S/C29H34BrNO6/c1-18(12-25(32)21-8-7-9-22(17-21)33-2)31-24-14-19(13-23(30)28(24)36-5)10-11-20-15-26(34-3)29(37-6)27(16-20)35-4/h7-9,13-18,31H,10-12H2,1-6H3. The minimum atomic E-state index is -0.120. The minimum absolute atomic E-state index is 0.0375. The van der Waals surface area contributed by atoms with Crippen LogP contribution < -0.4 is 29.0 Å². The summed E-state index contributed by atoms with van der Waals surface area (Å²) in [4.78, 5) is 12.8. The Labute approximate surface area is 227 Å². The average Bonchev–Trinajstić information content (AvgIpc) is 2.90. The molecule has 0 heterocycles. The van der Waals surface area contributed by atoms with Gasteiger partial charge in [-0.1, -0.05) is 12.1 Å². The molecule has 1 unspecified atom stereocenters. The van der Waals surface area contributed by atoms with Crippen molar-refractivity contribution in [3.8, 4) is 28.7 Å². The number of methoxy groups -OCH3 is 5. The zero-order valence-electron chi connectivity index (χ0n) is 22.1. The largest absolute Gasteiger partial charge is 0.497 e. The SMILES string of the molecule is COc1cccc(C(=O)CC(C)Nc2cc(CCc3cc(OC)c(OC)c(OC)c3)cc(Br)c2OC)c1. The molecule has 0 bridgehead atoms. The minimum Gasteiger partial charge on any atom is -0.497 e. The predicted molar refractivity (Wildman–Crippen MR) is 149 cm³/mol. The Morgan fingerprint density at radius 1 is 0.811 bits per heavy atom. The number of aryl methyl sites for hydroxylation is 2. The molecule has 0 saturated carbocycles. The molecule has 0 aliphatic carbocycles. The summed E-state index contributed by atoms with van der Waals surface area (Å²) in [6.07, 6.45) is 1.86. The number of Topliss-reactive ketones (excluding diaryl/α,β-unsaturated/α-hetero) is 1. The molecule has 3 rings (SSSR count). The van der Waals surface area contributed by atoms with Crippen LogP contribution in [-0.4, -0.2) is 47.4 Å². The molecule has 8 heteroatoms. The first-order valence-electron chi connectivity index (χ1n) is 11.9. The molecule has 0 aliphatic heterocycles. The lowest BCUT2D eigenvalue weighted by Crippen LogP contribution is -2.20. The van der Waals surface area contributed by atoms with Crippen molar-refractivity contribution in [2.45, 2.75) is 32.2 Å². The van der Waals surface area contributed by atoms with E-state index in [0.29, 0.717) is 40.7 Å². The normalized spacial score (nSPS) is 11.4. The van der Waals surface area contributed by atoms with Gasteiger partial charge in [0.25, 0.3) is 0 Å². The monoisotopic (exact) mass is 571 g/mol. The Balaban J connectivity index is 1.76. The van der Waals surface area contributed by atoms with E-state index in [1.807, 2.05) is 37.3 Å². The lowest BCUT2D eigenvalue weighted by molar-refractivity contribution is 0.0978. The van der Waals surface area contributed by atoms with Gasteiger partial charge in [0.15, 0.2) is 23.0 Å². The van der Waals surface area contributed by atoms with E-state index in [9.17, 15) is 4.79 Å². The third kappa shape index (κ3) is 7.10. The number of carbonyl (C=O) groups is 1. The number of carbonyl (C=O) groups excluding carboxylic acids is 1. The molecule has 3 aromatic rings. The van der Waals surface area contributed by atoms with E-state index in [2.05, 4.69) is 27.3 Å². The summed E-state index contributed by atoms with van der Waals surface area (Å²) in [7, 11) is 8.04. The zero-order valence-corrected chi connectivity index (χ0v) is 23.7. The highest BCUT2D eigenvalue weighted by molar-refractivity contribution is 9.10. The van der Waals surface area contributed by atoms with Gasteiger partial charge in [0, 0.05) is 18.0 Å². The summed E-state index contributed by atoms with van der Waals surface area (Å²) < 4.78 is 28.1. The van der Waals surface area contributed by atoms with E-state index in [0.717, 1.165) is 34.1 Å². The van der Waals surface area contributed by atoms with Gasteiger partial charge in [0.1, 0.15) is 5.75 Å². The van der Waals surface area contributed by atoms with Crippen molar-refractivity contribution in [3.63, 3.8) is 0 Å². The van der Waals surface area contributed by atoms with Gasteiger partial charge in [-0.15, -0.1) is 0 Å². The maximum Gasteiger partial charge on any atom is 0.203 e. The van der Waals surface area contributed by atoms with Gasteiger partial charge in [0.05, 0.1) is 45.7 Å². The van der Waals surface area contributed by atoms with E-state index in [1.165, 1.54) is 0 Å². The molecule has 0 aliphatic rings. The molecule has 1 N–H and O–H groups in total. The van der Waals surface area contributed by atoms with Crippen LogP contribution >= 0.6 is 15.9 Å². The summed E-state index contributed by atoms with van der Waals surface area (Å²) in [5.41, 5.74) is 3.62. The van der Waals surface area contributed by atoms with Crippen molar-refractivity contribution in [1.29, 1.82) is 0 Å². The Hall–Kier alpha value is -3.39. The number of anilines is 1. The van der Waals surface area contributed by atoms with Crippen molar-refractivity contribution in [2.75, 3.05) is 40.9 Å². The molecule has 7 nitrogen and oxygen atoms in total. The summed E-state index contributed by atoms with van der Waals surface area (Å²) in [6, 6.07) is 15.1. The number of nitrogens with one attached hydrogen (secondary N) is 1. The third-order valence-electron chi connectivity index (χ3n) is 6.02. The third-order valence-corrected chi connectivity index (χ3v) is 6.61. The van der Waals surface area contributed by atoms with Crippen LogP contribution in [0.5, 0.6) is 28.7 Å². The molecule has 0 saturated heterocycles. The fourth-order valence-electron chi connectivity index (χ4n) is 4.19. The van der Waals surface area contributed by atoms with Crippen LogP contribution in [0.15, 0.2) is 53.0 Å². The van der Waals surface area contributed by atoms with Gasteiger partial charge < -0.3 is 29.0 Å². The van der Waals surface area contributed by atoms with E-state index in [1.54, 1.807) is 47.7 Å². The topological polar surface area (TPSA) is 75.3 Å². The summed E-state index contributed by atoms with van der Waals surface area (Å²) in [5.74, 6) is 3.23. The van der Waals surface area contributed by atoms with Crippen LogP contribution in [0.25, 0.3) is 0 Å². The Kier molecular flexibility index (Phi) is 10.1.